The molecule has 0 bridgehead atoms. The van der Waals surface area contributed by atoms with Crippen molar-refractivity contribution in [1.29, 1.82) is 0 Å². The average molecular weight is 179 g/mol. The summed E-state index contributed by atoms with van der Waals surface area (Å²) in [6, 6.07) is 5.20. The number of ether oxygens (including phenoxy) is 2. The van der Waals surface area contributed by atoms with Gasteiger partial charge in [0.15, 0.2) is 0 Å². The summed E-state index contributed by atoms with van der Waals surface area (Å²) in [4.78, 5) is 11.3. The molecule has 1 aromatic carbocycles. The molecule has 1 aromatic rings. The number of carbonyl (C=O) groups is 1. The fourth-order valence-electron chi connectivity index (χ4n) is 1.42. The minimum atomic E-state index is -0.606. The fourth-order valence-corrected chi connectivity index (χ4v) is 1.42. The fraction of sp³-hybridized carbons (Fsp3) is 0.222. The van der Waals surface area contributed by atoms with E-state index in [0.29, 0.717) is 16.8 Å². The van der Waals surface area contributed by atoms with Crippen molar-refractivity contribution >= 4 is 11.7 Å². The molecule has 0 radical (unpaired) electrons. The largest absolute Gasteiger partial charge is 0.428 e. The zero-order valence-corrected chi connectivity index (χ0v) is 7.11. The van der Waals surface area contributed by atoms with Crippen molar-refractivity contribution in [3.63, 3.8) is 0 Å². The highest BCUT2D eigenvalue weighted by molar-refractivity contribution is 5.99. The van der Waals surface area contributed by atoms with Crippen LogP contribution in [0, 0.1) is 0 Å². The zero-order chi connectivity index (χ0) is 9.42. The number of esters is 1. The maximum atomic E-state index is 11.3. The van der Waals surface area contributed by atoms with E-state index >= 15 is 0 Å². The molecule has 2 rings (SSSR count). The summed E-state index contributed by atoms with van der Waals surface area (Å²) in [5.41, 5.74) is 7.18. The molecule has 0 spiro atoms. The number of benzene rings is 1. The molecule has 0 saturated carbocycles. The molecular weight excluding hydrogens is 170 g/mol. The first-order valence-corrected chi connectivity index (χ1v) is 3.86. The molecule has 13 heavy (non-hydrogen) atoms. The topological polar surface area (TPSA) is 61.5 Å². The highest BCUT2D eigenvalue weighted by Gasteiger charge is 2.32. The molecule has 0 aromatic heterocycles. The molecule has 0 fully saturated rings. The number of anilines is 1. The third kappa shape index (κ3) is 1.07. The Bertz CT molecular complexity index is 362. The summed E-state index contributed by atoms with van der Waals surface area (Å²) >= 11 is 0. The molecule has 1 aliphatic rings. The van der Waals surface area contributed by atoms with Crippen LogP contribution >= 0.6 is 0 Å². The second kappa shape index (κ2) is 2.74. The van der Waals surface area contributed by atoms with Crippen molar-refractivity contribution < 1.29 is 14.3 Å². The number of cyclic esters (lactones) is 1. The number of carbonyl (C=O) groups excluding carboxylic acids is 1. The summed E-state index contributed by atoms with van der Waals surface area (Å²) < 4.78 is 9.88. The highest BCUT2D eigenvalue weighted by Crippen LogP contribution is 2.33. The molecule has 4 heteroatoms. The first-order valence-electron chi connectivity index (χ1n) is 3.86. The number of fused-ring (bicyclic) bond motifs is 1. The van der Waals surface area contributed by atoms with Gasteiger partial charge in [0.1, 0.15) is 0 Å². The Morgan fingerprint density at radius 3 is 3.00 bits per heavy atom. The van der Waals surface area contributed by atoms with E-state index in [2.05, 4.69) is 0 Å². The van der Waals surface area contributed by atoms with E-state index in [0.717, 1.165) is 0 Å². The van der Waals surface area contributed by atoms with Gasteiger partial charge in [-0.25, -0.2) is 4.79 Å². The van der Waals surface area contributed by atoms with Crippen LogP contribution in [-0.4, -0.2) is 13.1 Å². The van der Waals surface area contributed by atoms with Crippen LogP contribution in [0.15, 0.2) is 18.2 Å². The number of hydrogen-bond donors (Lipinski definition) is 1. The Morgan fingerprint density at radius 1 is 1.54 bits per heavy atom. The monoisotopic (exact) mass is 179 g/mol. The normalized spacial score (nSPS) is 19.8. The number of rotatable bonds is 1. The van der Waals surface area contributed by atoms with Gasteiger partial charge in [-0.2, -0.15) is 0 Å². The van der Waals surface area contributed by atoms with Gasteiger partial charge in [0, 0.05) is 18.4 Å². The SMILES string of the molecule is COC1OC(=O)c2c(N)cccc21. The molecule has 1 unspecified atom stereocenters. The molecule has 1 heterocycles. The molecule has 4 nitrogen and oxygen atoms in total. The van der Waals surface area contributed by atoms with E-state index in [1.54, 1.807) is 18.2 Å². The van der Waals surface area contributed by atoms with Gasteiger partial charge in [-0.1, -0.05) is 12.1 Å². The van der Waals surface area contributed by atoms with E-state index in [9.17, 15) is 4.79 Å². The number of methoxy groups -OCH3 is 1. The minimum absolute atomic E-state index is 0.417. The Hall–Kier alpha value is -1.55. The molecule has 0 aliphatic carbocycles. The molecule has 1 aliphatic heterocycles. The van der Waals surface area contributed by atoms with Crippen LogP contribution in [0.4, 0.5) is 5.69 Å². The first-order chi connectivity index (χ1) is 6.24. The van der Waals surface area contributed by atoms with Crippen LogP contribution in [0.1, 0.15) is 22.2 Å². The molecule has 0 amide bonds. The predicted octanol–water partition coefficient (Wildman–Crippen LogP) is 1.08. The zero-order valence-electron chi connectivity index (χ0n) is 7.11. The lowest BCUT2D eigenvalue weighted by molar-refractivity contribution is -0.0815. The lowest BCUT2D eigenvalue weighted by atomic mass is 10.1. The third-order valence-electron chi connectivity index (χ3n) is 2.02. The summed E-state index contributed by atoms with van der Waals surface area (Å²) in [6.45, 7) is 0. The second-order valence-corrected chi connectivity index (χ2v) is 2.78. The van der Waals surface area contributed by atoms with Crippen molar-refractivity contribution in [2.45, 2.75) is 6.29 Å². The standard InChI is InChI=1S/C9H9NO3/c1-12-9-5-3-2-4-6(10)7(5)8(11)13-9/h2-4,9H,10H2,1H3. The van der Waals surface area contributed by atoms with Crippen LogP contribution in [0.3, 0.4) is 0 Å². The van der Waals surface area contributed by atoms with E-state index in [4.69, 9.17) is 15.2 Å². The lowest BCUT2D eigenvalue weighted by Gasteiger charge is -2.06. The van der Waals surface area contributed by atoms with Gasteiger partial charge in [0.05, 0.1) is 5.56 Å². The van der Waals surface area contributed by atoms with Gasteiger partial charge in [0.25, 0.3) is 0 Å². The first kappa shape index (κ1) is 8.07. The van der Waals surface area contributed by atoms with Crippen molar-refractivity contribution in [3.05, 3.63) is 29.3 Å². The summed E-state index contributed by atoms with van der Waals surface area (Å²) in [6.07, 6.45) is -0.606. The number of nitrogens with two attached hydrogens (primary N) is 1. The van der Waals surface area contributed by atoms with E-state index in [-0.39, 0.29) is 0 Å². The van der Waals surface area contributed by atoms with Gasteiger partial charge in [-0.15, -0.1) is 0 Å². The van der Waals surface area contributed by atoms with Gasteiger partial charge >= 0.3 is 5.97 Å². The van der Waals surface area contributed by atoms with Gasteiger partial charge in [-0.05, 0) is 6.07 Å². The van der Waals surface area contributed by atoms with Crippen LogP contribution in [0.5, 0.6) is 0 Å². The molecular formula is C9H9NO3. The van der Waals surface area contributed by atoms with Gasteiger partial charge in [0.2, 0.25) is 6.29 Å². The predicted molar refractivity (Wildman–Crippen MR) is 46.0 cm³/mol. The van der Waals surface area contributed by atoms with Crippen LogP contribution in [0.25, 0.3) is 0 Å². The van der Waals surface area contributed by atoms with E-state index in [1.807, 2.05) is 0 Å². The Balaban J connectivity index is 2.57. The van der Waals surface area contributed by atoms with Crippen LogP contribution in [-0.2, 0) is 9.47 Å². The van der Waals surface area contributed by atoms with E-state index < -0.39 is 12.3 Å². The maximum absolute atomic E-state index is 11.3. The summed E-state index contributed by atoms with van der Waals surface area (Å²) in [5.74, 6) is -0.417. The Kier molecular flexibility index (Phi) is 1.70. The van der Waals surface area contributed by atoms with Crippen molar-refractivity contribution in [2.75, 3.05) is 12.8 Å². The van der Waals surface area contributed by atoms with Crippen LogP contribution < -0.4 is 5.73 Å². The molecule has 68 valence electrons. The van der Waals surface area contributed by atoms with Crippen molar-refractivity contribution in [1.82, 2.24) is 0 Å². The Labute approximate surface area is 75.2 Å². The van der Waals surface area contributed by atoms with Crippen molar-refractivity contribution in [2.24, 2.45) is 0 Å². The Morgan fingerprint density at radius 2 is 2.31 bits per heavy atom. The van der Waals surface area contributed by atoms with Gasteiger partial charge in [-0.3, -0.25) is 0 Å². The van der Waals surface area contributed by atoms with Gasteiger partial charge < -0.3 is 15.2 Å². The smallest absolute Gasteiger partial charge is 0.343 e. The van der Waals surface area contributed by atoms with Crippen LogP contribution in [0.2, 0.25) is 0 Å². The minimum Gasteiger partial charge on any atom is -0.428 e. The average Bonchev–Trinajstić information content (AvgIpc) is 2.44. The van der Waals surface area contributed by atoms with E-state index in [1.165, 1.54) is 7.11 Å². The summed E-state index contributed by atoms with van der Waals surface area (Å²) in [5, 5.41) is 0. The second-order valence-electron chi connectivity index (χ2n) is 2.78. The number of hydrogen-bond acceptors (Lipinski definition) is 4. The molecule has 0 saturated heterocycles. The lowest BCUT2D eigenvalue weighted by Crippen LogP contribution is -2.00. The molecule has 1 atom stereocenters. The molecule has 2 N–H and O–H groups in total. The third-order valence-corrected chi connectivity index (χ3v) is 2.02. The number of nitrogen functional groups attached to an aromatic ring is 1. The highest BCUT2D eigenvalue weighted by atomic mass is 16.7. The maximum Gasteiger partial charge on any atom is 0.343 e. The summed E-state index contributed by atoms with van der Waals surface area (Å²) in [7, 11) is 1.48. The quantitative estimate of drug-likeness (QED) is 0.517. The van der Waals surface area contributed by atoms with Crippen molar-refractivity contribution in [3.8, 4) is 0 Å².